The maximum absolute atomic E-state index is 13.3. The molecule has 0 fully saturated rings. The summed E-state index contributed by atoms with van der Waals surface area (Å²) < 4.78 is 1.52. The summed E-state index contributed by atoms with van der Waals surface area (Å²) in [6.45, 7) is 3.19. The second-order valence-corrected chi connectivity index (χ2v) is 10.0. The average molecular weight is 587 g/mol. The molecule has 200 valence electrons. The van der Waals surface area contributed by atoms with Crippen LogP contribution >= 0.6 is 34.8 Å². The van der Waals surface area contributed by atoms with Crippen LogP contribution in [0.25, 0.3) is 16.9 Å². The summed E-state index contributed by atoms with van der Waals surface area (Å²) in [4.78, 5) is 38.2. The zero-order chi connectivity index (χ0) is 28.3. The quantitative estimate of drug-likeness (QED) is 0.178. The Hall–Kier alpha value is -3.92. The van der Waals surface area contributed by atoms with Crippen LogP contribution in [0.2, 0.25) is 15.1 Å². The molecule has 0 unspecified atom stereocenters. The van der Waals surface area contributed by atoms with Crippen LogP contribution in [0, 0.1) is 10.1 Å². The second kappa shape index (κ2) is 11.9. The topological polar surface area (TPSA) is 110 Å². The van der Waals surface area contributed by atoms with Crippen LogP contribution < -0.4 is 5.32 Å². The molecule has 4 aromatic rings. The molecule has 0 spiro atoms. The highest BCUT2D eigenvalue weighted by Gasteiger charge is 2.25. The molecule has 12 heteroatoms. The molecule has 0 aliphatic rings. The van der Waals surface area contributed by atoms with E-state index in [4.69, 9.17) is 34.8 Å². The van der Waals surface area contributed by atoms with Crippen molar-refractivity contribution in [2.75, 3.05) is 11.9 Å². The van der Waals surface area contributed by atoms with E-state index in [1.807, 2.05) is 30.3 Å². The molecule has 0 saturated carbocycles. The molecule has 1 N–H and O–H groups in total. The highest BCUT2D eigenvalue weighted by molar-refractivity contribution is 6.42. The minimum absolute atomic E-state index is 0.0518. The van der Waals surface area contributed by atoms with Crippen LogP contribution in [0.15, 0.2) is 72.8 Å². The second-order valence-electron chi connectivity index (χ2n) is 8.79. The lowest BCUT2D eigenvalue weighted by molar-refractivity contribution is -0.384. The van der Waals surface area contributed by atoms with E-state index in [0.29, 0.717) is 27.2 Å². The zero-order valence-electron chi connectivity index (χ0n) is 20.8. The highest BCUT2D eigenvalue weighted by Crippen LogP contribution is 2.29. The normalized spacial score (nSPS) is 10.9. The molecule has 0 aliphatic heterocycles. The summed E-state index contributed by atoms with van der Waals surface area (Å²) in [5.41, 5.74) is 1.81. The van der Waals surface area contributed by atoms with E-state index in [2.05, 4.69) is 10.4 Å². The molecule has 0 bridgehead atoms. The van der Waals surface area contributed by atoms with Gasteiger partial charge in [0.15, 0.2) is 0 Å². The number of hydrogen-bond acceptors (Lipinski definition) is 5. The molecule has 9 nitrogen and oxygen atoms in total. The number of non-ortho nitro benzene ring substituents is 1. The summed E-state index contributed by atoms with van der Waals surface area (Å²) in [6.07, 6.45) is 0. The zero-order valence-corrected chi connectivity index (χ0v) is 23.0. The molecule has 2 amide bonds. The van der Waals surface area contributed by atoms with Gasteiger partial charge in [0.2, 0.25) is 5.91 Å². The van der Waals surface area contributed by atoms with Crippen LogP contribution in [0.1, 0.15) is 24.2 Å². The van der Waals surface area contributed by atoms with E-state index in [1.165, 1.54) is 21.7 Å². The third kappa shape index (κ3) is 6.39. The van der Waals surface area contributed by atoms with Gasteiger partial charge >= 0.3 is 0 Å². The molecule has 39 heavy (non-hydrogen) atoms. The van der Waals surface area contributed by atoms with Crippen molar-refractivity contribution in [2.24, 2.45) is 0 Å². The van der Waals surface area contributed by atoms with Crippen molar-refractivity contribution >= 4 is 58.1 Å². The van der Waals surface area contributed by atoms with Crippen LogP contribution in [-0.2, 0) is 4.79 Å². The van der Waals surface area contributed by atoms with Crippen molar-refractivity contribution in [2.45, 2.75) is 19.9 Å². The molecule has 0 saturated heterocycles. The highest BCUT2D eigenvalue weighted by atomic mass is 35.5. The summed E-state index contributed by atoms with van der Waals surface area (Å²) >= 11 is 18.5. The fourth-order valence-electron chi connectivity index (χ4n) is 3.81. The van der Waals surface area contributed by atoms with Gasteiger partial charge in [0, 0.05) is 29.8 Å². The van der Waals surface area contributed by atoms with Gasteiger partial charge in [-0.1, -0.05) is 65.1 Å². The Labute approximate surface area is 239 Å². The van der Waals surface area contributed by atoms with Crippen LogP contribution in [0.3, 0.4) is 0 Å². The van der Waals surface area contributed by atoms with Crippen molar-refractivity contribution in [3.8, 4) is 16.9 Å². The first kappa shape index (κ1) is 28.1. The first-order valence-corrected chi connectivity index (χ1v) is 12.8. The SMILES string of the molecule is CC(C)N(CC(=O)Nc1cc(-c2ccccc2)nn1-c1ccc(Cl)c(Cl)c1)C(=O)c1ccc([N+](=O)[O-])cc1Cl. The molecule has 3 aromatic carbocycles. The molecule has 4 rings (SSSR count). The van der Waals surface area contributed by atoms with Crippen LogP contribution in [0.5, 0.6) is 0 Å². The fourth-order valence-corrected chi connectivity index (χ4v) is 4.35. The molecular formula is C27H22Cl3N5O4. The monoisotopic (exact) mass is 585 g/mol. The Bertz CT molecular complexity index is 1560. The van der Waals surface area contributed by atoms with Crippen LogP contribution in [-0.4, -0.2) is 44.0 Å². The Balaban J connectivity index is 1.63. The number of halogens is 3. The molecule has 0 atom stereocenters. The lowest BCUT2D eigenvalue weighted by Crippen LogP contribution is -2.42. The number of carbonyl (C=O) groups excluding carboxylic acids is 2. The third-order valence-electron chi connectivity index (χ3n) is 5.79. The van der Waals surface area contributed by atoms with Gasteiger partial charge in [0.05, 0.1) is 36.9 Å². The predicted octanol–water partition coefficient (Wildman–Crippen LogP) is 6.90. The van der Waals surface area contributed by atoms with Crippen molar-refractivity contribution in [1.29, 1.82) is 0 Å². The molecule has 0 radical (unpaired) electrons. The fraction of sp³-hybridized carbons (Fsp3) is 0.148. The van der Waals surface area contributed by atoms with E-state index in [1.54, 1.807) is 38.1 Å². The van der Waals surface area contributed by atoms with E-state index in [-0.39, 0.29) is 28.9 Å². The minimum atomic E-state index is -0.603. The first-order chi connectivity index (χ1) is 18.5. The van der Waals surface area contributed by atoms with Gasteiger partial charge < -0.3 is 10.2 Å². The smallest absolute Gasteiger partial charge is 0.270 e. The van der Waals surface area contributed by atoms with Gasteiger partial charge in [-0.05, 0) is 38.1 Å². The maximum Gasteiger partial charge on any atom is 0.270 e. The van der Waals surface area contributed by atoms with Gasteiger partial charge in [-0.2, -0.15) is 5.10 Å². The molecule has 0 aliphatic carbocycles. The number of benzene rings is 3. The van der Waals surface area contributed by atoms with Crippen molar-refractivity contribution in [1.82, 2.24) is 14.7 Å². The largest absolute Gasteiger partial charge is 0.327 e. The number of hydrogen-bond donors (Lipinski definition) is 1. The predicted molar refractivity (Wildman–Crippen MR) is 152 cm³/mol. The van der Waals surface area contributed by atoms with Crippen molar-refractivity contribution in [3.05, 3.63) is 104 Å². The van der Waals surface area contributed by atoms with E-state index in [0.717, 1.165) is 11.6 Å². The lowest BCUT2D eigenvalue weighted by atomic mass is 10.1. The Morgan fingerprint density at radius 1 is 0.974 bits per heavy atom. The number of rotatable bonds is 8. The molecule has 1 heterocycles. The maximum atomic E-state index is 13.3. The first-order valence-electron chi connectivity index (χ1n) is 11.7. The Morgan fingerprint density at radius 3 is 2.31 bits per heavy atom. The molecular weight excluding hydrogens is 565 g/mol. The number of amides is 2. The lowest BCUT2D eigenvalue weighted by Gasteiger charge is -2.26. The number of carbonyl (C=O) groups is 2. The summed E-state index contributed by atoms with van der Waals surface area (Å²) in [5, 5.41) is 19.1. The van der Waals surface area contributed by atoms with Crippen LogP contribution in [0.4, 0.5) is 11.5 Å². The average Bonchev–Trinajstić information content (AvgIpc) is 3.32. The number of nitro groups is 1. The standard InChI is InChI=1S/C27H22Cl3N5O4/c1-16(2)33(27(37)20-10-8-19(35(38)39)13-22(20)29)15-26(36)31-25-14-24(17-6-4-3-5-7-17)32-34(25)18-9-11-21(28)23(30)12-18/h3-14,16H,15H2,1-2H3,(H,31,36). The number of nitrogens with one attached hydrogen (secondary N) is 1. The van der Waals surface area contributed by atoms with Gasteiger partial charge in [-0.3, -0.25) is 19.7 Å². The summed E-state index contributed by atoms with van der Waals surface area (Å²) in [7, 11) is 0. The van der Waals surface area contributed by atoms with E-state index < -0.39 is 16.7 Å². The Kier molecular flexibility index (Phi) is 8.54. The summed E-state index contributed by atoms with van der Waals surface area (Å²) in [5.74, 6) is -0.680. The van der Waals surface area contributed by atoms with Gasteiger partial charge in [-0.25, -0.2) is 4.68 Å². The number of nitro benzene ring substituents is 1. The third-order valence-corrected chi connectivity index (χ3v) is 6.84. The number of aromatic nitrogens is 2. The minimum Gasteiger partial charge on any atom is -0.327 e. The summed E-state index contributed by atoms with van der Waals surface area (Å²) in [6, 6.07) is 19.3. The number of anilines is 1. The van der Waals surface area contributed by atoms with Crippen molar-refractivity contribution in [3.63, 3.8) is 0 Å². The number of nitrogens with zero attached hydrogens (tertiary/aromatic N) is 4. The Morgan fingerprint density at radius 2 is 1.69 bits per heavy atom. The molecule has 1 aromatic heterocycles. The van der Waals surface area contributed by atoms with Gasteiger partial charge in [0.1, 0.15) is 12.4 Å². The van der Waals surface area contributed by atoms with E-state index in [9.17, 15) is 19.7 Å². The van der Waals surface area contributed by atoms with Gasteiger partial charge in [0.25, 0.3) is 11.6 Å². The van der Waals surface area contributed by atoms with Crippen molar-refractivity contribution < 1.29 is 14.5 Å². The van der Waals surface area contributed by atoms with E-state index >= 15 is 0 Å². The van der Waals surface area contributed by atoms with Gasteiger partial charge in [-0.15, -0.1) is 0 Å².